The van der Waals surface area contributed by atoms with Crippen LogP contribution in [0.1, 0.15) is 18.0 Å². The molecule has 2 atom stereocenters. The van der Waals surface area contributed by atoms with Crippen LogP contribution in [0.3, 0.4) is 0 Å². The number of amides is 1. The molecule has 2 heterocycles. The molecule has 7 nitrogen and oxygen atoms in total. The first-order chi connectivity index (χ1) is 11.6. The van der Waals surface area contributed by atoms with E-state index < -0.39 is 18.1 Å². The van der Waals surface area contributed by atoms with Crippen LogP contribution in [0.2, 0.25) is 0 Å². The molecule has 1 N–H and O–H groups in total. The minimum absolute atomic E-state index is 0.108. The van der Waals surface area contributed by atoms with E-state index in [2.05, 4.69) is 5.10 Å². The van der Waals surface area contributed by atoms with Crippen molar-refractivity contribution in [2.45, 2.75) is 18.6 Å². The summed E-state index contributed by atoms with van der Waals surface area (Å²) in [7, 11) is 0. The highest BCUT2D eigenvalue weighted by Crippen LogP contribution is 2.22. The molecule has 24 heavy (non-hydrogen) atoms. The van der Waals surface area contributed by atoms with Crippen molar-refractivity contribution in [3.8, 4) is 0 Å². The quantitative estimate of drug-likeness (QED) is 0.890. The van der Waals surface area contributed by atoms with E-state index in [0.717, 1.165) is 5.56 Å². The van der Waals surface area contributed by atoms with Crippen LogP contribution >= 0.6 is 0 Å². The number of morpholine rings is 1. The molecule has 1 aromatic heterocycles. The minimum Gasteiger partial charge on any atom is -0.481 e. The highest BCUT2D eigenvalue weighted by molar-refractivity contribution is 5.83. The average Bonchev–Trinajstić information content (AvgIpc) is 3.10. The number of carbonyl (C=O) groups is 2. The number of rotatable bonds is 5. The van der Waals surface area contributed by atoms with Gasteiger partial charge in [-0.25, -0.2) is 0 Å². The van der Waals surface area contributed by atoms with Gasteiger partial charge in [0.25, 0.3) is 5.91 Å². The number of ether oxygens (including phenoxy) is 1. The maximum atomic E-state index is 13.1. The smallest absolute Gasteiger partial charge is 0.306 e. The summed E-state index contributed by atoms with van der Waals surface area (Å²) in [4.78, 5) is 25.6. The molecule has 0 aliphatic carbocycles. The molecule has 7 heteroatoms. The molecule has 0 spiro atoms. The van der Waals surface area contributed by atoms with Gasteiger partial charge in [0, 0.05) is 25.5 Å². The van der Waals surface area contributed by atoms with Gasteiger partial charge in [-0.05, 0) is 11.6 Å². The van der Waals surface area contributed by atoms with E-state index in [4.69, 9.17) is 9.84 Å². The van der Waals surface area contributed by atoms with Crippen LogP contribution in [0.5, 0.6) is 0 Å². The number of hydrogen-bond acceptors (Lipinski definition) is 4. The van der Waals surface area contributed by atoms with E-state index in [0.29, 0.717) is 13.2 Å². The van der Waals surface area contributed by atoms with Crippen LogP contribution in [0.25, 0.3) is 0 Å². The lowest BCUT2D eigenvalue weighted by molar-refractivity contribution is -0.148. The zero-order valence-electron chi connectivity index (χ0n) is 13.1. The van der Waals surface area contributed by atoms with Gasteiger partial charge in [0.1, 0.15) is 0 Å². The number of aromatic nitrogens is 2. The topological polar surface area (TPSA) is 84.7 Å². The SMILES string of the molecule is O=C(O)CC1CN(C(=O)C(c2ccccc2)n2cccn2)CCO1. The van der Waals surface area contributed by atoms with Crippen molar-refractivity contribution in [1.82, 2.24) is 14.7 Å². The molecule has 0 bridgehead atoms. The fourth-order valence-electron chi connectivity index (χ4n) is 2.89. The fourth-order valence-corrected chi connectivity index (χ4v) is 2.89. The lowest BCUT2D eigenvalue weighted by atomic mass is 10.0. The summed E-state index contributed by atoms with van der Waals surface area (Å²) in [5.74, 6) is -1.04. The van der Waals surface area contributed by atoms with Crippen molar-refractivity contribution in [3.05, 3.63) is 54.4 Å². The summed E-state index contributed by atoms with van der Waals surface area (Å²) >= 11 is 0. The zero-order valence-corrected chi connectivity index (χ0v) is 13.1. The first kappa shape index (κ1) is 16.2. The summed E-state index contributed by atoms with van der Waals surface area (Å²) in [6.07, 6.45) is 2.80. The summed E-state index contributed by atoms with van der Waals surface area (Å²) in [6.45, 7) is 1.06. The molecule has 1 aliphatic heterocycles. The lowest BCUT2D eigenvalue weighted by Crippen LogP contribution is -2.48. The van der Waals surface area contributed by atoms with Crippen LogP contribution in [0.4, 0.5) is 0 Å². The van der Waals surface area contributed by atoms with Crippen molar-refractivity contribution in [1.29, 1.82) is 0 Å². The monoisotopic (exact) mass is 329 g/mol. The molecule has 0 saturated carbocycles. The van der Waals surface area contributed by atoms with E-state index in [1.54, 1.807) is 28.0 Å². The normalized spacial score (nSPS) is 19.0. The van der Waals surface area contributed by atoms with Crippen molar-refractivity contribution in [2.75, 3.05) is 19.7 Å². The molecular weight excluding hydrogens is 310 g/mol. The molecule has 1 saturated heterocycles. The van der Waals surface area contributed by atoms with Gasteiger partial charge in [-0.1, -0.05) is 30.3 Å². The maximum Gasteiger partial charge on any atom is 0.306 e. The van der Waals surface area contributed by atoms with Crippen molar-refractivity contribution in [2.24, 2.45) is 0 Å². The minimum atomic E-state index is -0.930. The first-order valence-electron chi connectivity index (χ1n) is 7.81. The third-order valence-corrected chi connectivity index (χ3v) is 3.99. The molecule has 126 valence electrons. The molecule has 2 aromatic rings. The Morgan fingerprint density at radius 3 is 2.75 bits per heavy atom. The molecule has 1 fully saturated rings. The second kappa shape index (κ2) is 7.27. The number of benzene rings is 1. The lowest BCUT2D eigenvalue weighted by Gasteiger charge is -2.34. The molecule has 2 unspecified atom stereocenters. The molecule has 0 radical (unpaired) electrons. The van der Waals surface area contributed by atoms with Gasteiger partial charge < -0.3 is 14.7 Å². The van der Waals surface area contributed by atoms with Gasteiger partial charge >= 0.3 is 5.97 Å². The Bertz CT molecular complexity index is 687. The second-order valence-corrected chi connectivity index (χ2v) is 5.67. The molecule has 3 rings (SSSR count). The standard InChI is InChI=1S/C17H19N3O4/c21-15(22)11-14-12-19(9-10-24-14)17(23)16(20-8-4-7-18-20)13-5-2-1-3-6-13/h1-8,14,16H,9-12H2,(H,21,22). The highest BCUT2D eigenvalue weighted by atomic mass is 16.5. The molecule has 1 aromatic carbocycles. The summed E-state index contributed by atoms with van der Waals surface area (Å²) < 4.78 is 7.07. The van der Waals surface area contributed by atoms with E-state index in [1.807, 2.05) is 30.3 Å². The number of carbonyl (C=O) groups excluding carboxylic acids is 1. The number of carboxylic acid groups (broad SMARTS) is 1. The van der Waals surface area contributed by atoms with E-state index in [9.17, 15) is 9.59 Å². The Morgan fingerprint density at radius 2 is 2.08 bits per heavy atom. The number of carboxylic acids is 1. The van der Waals surface area contributed by atoms with Crippen LogP contribution in [-0.2, 0) is 14.3 Å². The summed E-state index contributed by atoms with van der Waals surface area (Å²) in [6, 6.07) is 10.6. The number of nitrogens with zero attached hydrogens (tertiary/aromatic N) is 3. The summed E-state index contributed by atoms with van der Waals surface area (Å²) in [5, 5.41) is 13.2. The Balaban J connectivity index is 1.82. The Hall–Kier alpha value is -2.67. The maximum absolute atomic E-state index is 13.1. The van der Waals surface area contributed by atoms with E-state index in [1.165, 1.54) is 0 Å². The van der Waals surface area contributed by atoms with Crippen LogP contribution in [-0.4, -0.2) is 57.5 Å². The van der Waals surface area contributed by atoms with Gasteiger partial charge in [0.05, 0.1) is 19.1 Å². The van der Waals surface area contributed by atoms with Crippen molar-refractivity contribution < 1.29 is 19.4 Å². The van der Waals surface area contributed by atoms with Crippen LogP contribution < -0.4 is 0 Å². The highest BCUT2D eigenvalue weighted by Gasteiger charge is 2.32. The third kappa shape index (κ3) is 3.62. The third-order valence-electron chi connectivity index (χ3n) is 3.99. The predicted octanol–water partition coefficient (Wildman–Crippen LogP) is 1.17. The van der Waals surface area contributed by atoms with Crippen molar-refractivity contribution in [3.63, 3.8) is 0 Å². The summed E-state index contributed by atoms with van der Waals surface area (Å²) in [5.41, 5.74) is 0.840. The number of aliphatic carboxylic acids is 1. The van der Waals surface area contributed by atoms with Gasteiger partial charge in [-0.3, -0.25) is 14.3 Å². The Labute approximate surface area is 139 Å². The van der Waals surface area contributed by atoms with Crippen LogP contribution in [0, 0.1) is 0 Å². The van der Waals surface area contributed by atoms with Crippen molar-refractivity contribution >= 4 is 11.9 Å². The second-order valence-electron chi connectivity index (χ2n) is 5.67. The fraction of sp³-hybridized carbons (Fsp3) is 0.353. The van der Waals surface area contributed by atoms with Gasteiger partial charge in [-0.2, -0.15) is 5.10 Å². The average molecular weight is 329 g/mol. The Morgan fingerprint density at radius 1 is 1.29 bits per heavy atom. The zero-order chi connectivity index (χ0) is 16.9. The van der Waals surface area contributed by atoms with Gasteiger partial charge in [0.15, 0.2) is 6.04 Å². The molecule has 1 amide bonds. The molecular formula is C17H19N3O4. The van der Waals surface area contributed by atoms with Gasteiger partial charge in [0.2, 0.25) is 0 Å². The first-order valence-corrected chi connectivity index (χ1v) is 7.81. The van der Waals surface area contributed by atoms with Gasteiger partial charge in [-0.15, -0.1) is 0 Å². The van der Waals surface area contributed by atoms with Crippen LogP contribution in [0.15, 0.2) is 48.8 Å². The van der Waals surface area contributed by atoms with E-state index in [-0.39, 0.29) is 18.9 Å². The predicted molar refractivity (Wildman–Crippen MR) is 85.4 cm³/mol. The van der Waals surface area contributed by atoms with E-state index >= 15 is 0 Å². The number of hydrogen-bond donors (Lipinski definition) is 1. The molecule has 1 aliphatic rings. The Kier molecular flexibility index (Phi) is 4.90. The largest absolute Gasteiger partial charge is 0.481 e.